The summed E-state index contributed by atoms with van der Waals surface area (Å²) in [6, 6.07) is 13.5. The zero-order valence-corrected chi connectivity index (χ0v) is 12.2. The third-order valence-electron chi connectivity index (χ3n) is 2.75. The van der Waals surface area contributed by atoms with Crippen LogP contribution >= 0.6 is 34.5 Å². The van der Waals surface area contributed by atoms with Gasteiger partial charge >= 0.3 is 0 Å². The quantitative estimate of drug-likeness (QED) is 0.718. The van der Waals surface area contributed by atoms with Crippen LogP contribution in [0.15, 0.2) is 42.5 Å². The molecule has 1 heterocycles. The van der Waals surface area contributed by atoms with E-state index in [0.29, 0.717) is 6.54 Å². The van der Waals surface area contributed by atoms with E-state index in [1.165, 1.54) is 0 Å². The number of benzene rings is 2. The van der Waals surface area contributed by atoms with Crippen LogP contribution in [0.25, 0.3) is 10.2 Å². The van der Waals surface area contributed by atoms with E-state index in [4.69, 9.17) is 23.2 Å². The summed E-state index contributed by atoms with van der Waals surface area (Å²) in [5.74, 6) is 0. The van der Waals surface area contributed by atoms with Crippen LogP contribution in [0.1, 0.15) is 5.56 Å². The van der Waals surface area contributed by atoms with E-state index < -0.39 is 0 Å². The molecule has 0 aliphatic heterocycles. The summed E-state index contributed by atoms with van der Waals surface area (Å²) < 4.78 is 1.01. The number of thiazole rings is 1. The van der Waals surface area contributed by atoms with Gasteiger partial charge in [-0.3, -0.25) is 0 Å². The topological polar surface area (TPSA) is 24.9 Å². The zero-order chi connectivity index (χ0) is 13.2. The number of fused-ring (bicyclic) bond motifs is 1. The second-order valence-corrected chi connectivity index (χ2v) is 5.87. The lowest BCUT2D eigenvalue weighted by Crippen LogP contribution is -1.99. The van der Waals surface area contributed by atoms with Gasteiger partial charge in [0.25, 0.3) is 0 Å². The Morgan fingerprint density at radius 2 is 1.79 bits per heavy atom. The van der Waals surface area contributed by atoms with Crippen molar-refractivity contribution >= 4 is 49.9 Å². The van der Waals surface area contributed by atoms with E-state index in [2.05, 4.69) is 10.3 Å². The Hall–Kier alpha value is -1.29. The van der Waals surface area contributed by atoms with Crippen molar-refractivity contribution in [2.45, 2.75) is 6.54 Å². The van der Waals surface area contributed by atoms with Crippen molar-refractivity contribution in [3.8, 4) is 0 Å². The Kier molecular flexibility index (Phi) is 3.60. The predicted octanol–water partition coefficient (Wildman–Crippen LogP) is 5.22. The van der Waals surface area contributed by atoms with Crippen LogP contribution in [0.5, 0.6) is 0 Å². The zero-order valence-electron chi connectivity index (χ0n) is 9.86. The molecule has 5 heteroatoms. The lowest BCUT2D eigenvalue weighted by molar-refractivity contribution is 1.14. The van der Waals surface area contributed by atoms with Crippen molar-refractivity contribution in [2.24, 2.45) is 0 Å². The van der Waals surface area contributed by atoms with E-state index in [-0.39, 0.29) is 0 Å². The Bertz CT molecular complexity index is 724. The normalized spacial score (nSPS) is 10.8. The number of hydrogen-bond donors (Lipinski definition) is 1. The molecule has 0 radical (unpaired) electrons. The highest BCUT2D eigenvalue weighted by Gasteiger charge is 2.07. The number of anilines is 1. The first-order chi connectivity index (χ1) is 9.24. The maximum Gasteiger partial charge on any atom is 0.184 e. The van der Waals surface area contributed by atoms with Crippen LogP contribution in [-0.2, 0) is 6.54 Å². The summed E-state index contributed by atoms with van der Waals surface area (Å²) in [6.07, 6.45) is 0. The first-order valence-electron chi connectivity index (χ1n) is 5.76. The van der Waals surface area contributed by atoms with Gasteiger partial charge in [0, 0.05) is 11.6 Å². The fraction of sp³-hybridized carbons (Fsp3) is 0.0714. The van der Waals surface area contributed by atoms with E-state index in [9.17, 15) is 0 Å². The Morgan fingerprint density at radius 1 is 1.00 bits per heavy atom. The second-order valence-electron chi connectivity index (χ2n) is 4.05. The fourth-order valence-electron chi connectivity index (χ4n) is 1.80. The molecule has 0 spiro atoms. The molecule has 96 valence electrons. The Balaban J connectivity index is 1.83. The van der Waals surface area contributed by atoms with E-state index in [0.717, 1.165) is 31.0 Å². The highest BCUT2D eigenvalue weighted by atomic mass is 35.5. The van der Waals surface area contributed by atoms with Crippen LogP contribution in [0.3, 0.4) is 0 Å². The minimum Gasteiger partial charge on any atom is -0.357 e. The summed E-state index contributed by atoms with van der Waals surface area (Å²) in [7, 11) is 0. The van der Waals surface area contributed by atoms with Crippen molar-refractivity contribution in [1.82, 2.24) is 4.98 Å². The summed E-state index contributed by atoms with van der Waals surface area (Å²) in [6.45, 7) is 0.650. The molecular formula is C14H10Cl2N2S. The van der Waals surface area contributed by atoms with Gasteiger partial charge in [0.1, 0.15) is 0 Å². The van der Waals surface area contributed by atoms with Gasteiger partial charge in [-0.2, -0.15) is 0 Å². The molecule has 0 aliphatic carbocycles. The average Bonchev–Trinajstić information content (AvgIpc) is 2.82. The minimum atomic E-state index is 0.650. The van der Waals surface area contributed by atoms with Gasteiger partial charge in [-0.1, -0.05) is 58.8 Å². The van der Waals surface area contributed by atoms with Crippen molar-refractivity contribution in [2.75, 3.05) is 5.32 Å². The summed E-state index contributed by atoms with van der Waals surface area (Å²) >= 11 is 13.8. The molecule has 0 saturated carbocycles. The van der Waals surface area contributed by atoms with Gasteiger partial charge in [0.15, 0.2) is 5.13 Å². The molecule has 0 unspecified atom stereocenters. The van der Waals surface area contributed by atoms with Crippen LogP contribution in [0.4, 0.5) is 5.13 Å². The first-order valence-corrected chi connectivity index (χ1v) is 7.33. The molecule has 0 amide bonds. The molecule has 0 atom stereocenters. The summed E-state index contributed by atoms with van der Waals surface area (Å²) in [4.78, 5) is 4.50. The van der Waals surface area contributed by atoms with Crippen molar-refractivity contribution in [3.63, 3.8) is 0 Å². The number of nitrogens with zero attached hydrogens (tertiary/aromatic N) is 1. The molecule has 2 aromatic carbocycles. The van der Waals surface area contributed by atoms with E-state index in [1.54, 1.807) is 11.3 Å². The number of rotatable bonds is 3. The summed E-state index contributed by atoms with van der Waals surface area (Å²) in [5, 5.41) is 5.63. The monoisotopic (exact) mass is 308 g/mol. The molecule has 0 saturated heterocycles. The molecule has 2 nitrogen and oxygen atoms in total. The van der Waals surface area contributed by atoms with Crippen LogP contribution in [0, 0.1) is 0 Å². The molecule has 3 rings (SSSR count). The summed E-state index contributed by atoms with van der Waals surface area (Å²) in [5.41, 5.74) is 1.97. The van der Waals surface area contributed by atoms with Crippen LogP contribution in [0.2, 0.25) is 10.0 Å². The van der Waals surface area contributed by atoms with Gasteiger partial charge in [0.2, 0.25) is 0 Å². The molecule has 0 bridgehead atoms. The van der Waals surface area contributed by atoms with Crippen molar-refractivity contribution in [3.05, 3.63) is 58.1 Å². The van der Waals surface area contributed by atoms with Crippen molar-refractivity contribution < 1.29 is 0 Å². The molecule has 3 aromatic rings. The molecular weight excluding hydrogens is 299 g/mol. The fourth-order valence-corrected chi connectivity index (χ4v) is 3.16. The molecule has 0 aliphatic rings. The van der Waals surface area contributed by atoms with Gasteiger partial charge < -0.3 is 5.32 Å². The third-order valence-corrected chi connectivity index (χ3v) is 4.61. The Morgan fingerprint density at radius 3 is 2.58 bits per heavy atom. The van der Waals surface area contributed by atoms with Gasteiger partial charge in [0.05, 0.1) is 15.2 Å². The van der Waals surface area contributed by atoms with Gasteiger partial charge in [-0.15, -0.1) is 0 Å². The SMILES string of the molecule is Clc1ccccc1CNc1nc2cccc(Cl)c2s1. The average molecular weight is 309 g/mol. The Labute approximate surface area is 125 Å². The molecule has 0 fully saturated rings. The number of nitrogens with one attached hydrogen (secondary N) is 1. The largest absolute Gasteiger partial charge is 0.357 e. The maximum atomic E-state index is 6.13. The van der Waals surface area contributed by atoms with E-state index in [1.807, 2.05) is 42.5 Å². The first kappa shape index (κ1) is 12.7. The van der Waals surface area contributed by atoms with Crippen molar-refractivity contribution in [1.29, 1.82) is 0 Å². The second kappa shape index (κ2) is 5.37. The number of hydrogen-bond acceptors (Lipinski definition) is 3. The van der Waals surface area contributed by atoms with E-state index >= 15 is 0 Å². The molecule has 1 N–H and O–H groups in total. The van der Waals surface area contributed by atoms with Gasteiger partial charge in [-0.05, 0) is 23.8 Å². The van der Waals surface area contributed by atoms with Gasteiger partial charge in [-0.25, -0.2) is 4.98 Å². The minimum absolute atomic E-state index is 0.650. The predicted molar refractivity (Wildman–Crippen MR) is 83.4 cm³/mol. The highest BCUT2D eigenvalue weighted by Crippen LogP contribution is 2.32. The smallest absolute Gasteiger partial charge is 0.184 e. The lowest BCUT2D eigenvalue weighted by atomic mass is 10.2. The third kappa shape index (κ3) is 2.68. The maximum absolute atomic E-state index is 6.13. The molecule has 19 heavy (non-hydrogen) atoms. The number of halogens is 2. The number of aromatic nitrogens is 1. The van der Waals surface area contributed by atoms with Crippen LogP contribution < -0.4 is 5.32 Å². The molecule has 1 aromatic heterocycles. The highest BCUT2D eigenvalue weighted by molar-refractivity contribution is 7.22. The standard InChI is InChI=1S/C14H10Cl2N2S/c15-10-5-2-1-4-9(10)8-17-14-18-12-7-3-6-11(16)13(12)19-14/h1-7H,8H2,(H,17,18). The lowest BCUT2D eigenvalue weighted by Gasteiger charge is -2.04. The van der Waals surface area contributed by atoms with Crippen LogP contribution in [-0.4, -0.2) is 4.98 Å².